The molecule has 0 aliphatic rings. The van der Waals surface area contributed by atoms with Crippen LogP contribution in [0.2, 0.25) is 0 Å². The number of nitrogens with one attached hydrogen (secondary N) is 2. The van der Waals surface area contributed by atoms with Gasteiger partial charge in [-0.3, -0.25) is 10.1 Å². The minimum Gasteiger partial charge on any atom is -0.491 e. The Labute approximate surface area is 161 Å². The Balaban J connectivity index is 1.98. The van der Waals surface area contributed by atoms with E-state index in [9.17, 15) is 4.79 Å². The third-order valence-electron chi connectivity index (χ3n) is 4.15. The van der Waals surface area contributed by atoms with Gasteiger partial charge in [-0.2, -0.15) is 0 Å². The molecule has 0 heterocycles. The van der Waals surface area contributed by atoms with Gasteiger partial charge in [0, 0.05) is 5.56 Å². The fourth-order valence-electron chi connectivity index (χ4n) is 2.50. The van der Waals surface area contributed by atoms with E-state index in [4.69, 9.17) is 17.0 Å². The van der Waals surface area contributed by atoms with Gasteiger partial charge in [-0.25, -0.2) is 0 Å². The number of benzene rings is 2. The summed E-state index contributed by atoms with van der Waals surface area (Å²) in [4.78, 5) is 12.5. The van der Waals surface area contributed by atoms with Crippen molar-refractivity contribution in [3.63, 3.8) is 0 Å². The smallest absolute Gasteiger partial charge is 0.257 e. The second-order valence-corrected chi connectivity index (χ2v) is 6.57. The molecule has 2 unspecified atom stereocenters. The fraction of sp³-hybridized carbons (Fsp3) is 0.333. The summed E-state index contributed by atoms with van der Waals surface area (Å²) in [5.74, 6) is 0.432. The normalized spacial score (nSPS) is 12.7. The molecule has 2 rings (SSSR count). The molecule has 0 bridgehead atoms. The number of carbonyl (C=O) groups excluding carboxylic acids is 1. The van der Waals surface area contributed by atoms with Gasteiger partial charge in [0.15, 0.2) is 5.11 Å². The zero-order chi connectivity index (χ0) is 18.9. The van der Waals surface area contributed by atoms with Crippen LogP contribution in [0.3, 0.4) is 0 Å². The lowest BCUT2D eigenvalue weighted by atomic mass is 10.1. The first kappa shape index (κ1) is 19.9. The minimum absolute atomic E-state index is 0.0593. The highest BCUT2D eigenvalue weighted by Gasteiger charge is 2.14. The van der Waals surface area contributed by atoms with E-state index in [2.05, 4.69) is 24.5 Å². The van der Waals surface area contributed by atoms with Crippen LogP contribution < -0.4 is 15.4 Å². The molecule has 5 heteroatoms. The van der Waals surface area contributed by atoms with Crippen molar-refractivity contribution in [2.45, 2.75) is 45.8 Å². The molecule has 0 saturated heterocycles. The number of thiocarbonyl (C=S) groups is 1. The molecule has 138 valence electrons. The summed E-state index contributed by atoms with van der Waals surface area (Å²) in [5, 5.41) is 6.28. The van der Waals surface area contributed by atoms with Gasteiger partial charge >= 0.3 is 0 Å². The van der Waals surface area contributed by atoms with Gasteiger partial charge in [-0.15, -0.1) is 0 Å². The minimum atomic E-state index is -0.250. The highest BCUT2D eigenvalue weighted by molar-refractivity contribution is 7.80. The molecule has 0 aromatic heterocycles. The van der Waals surface area contributed by atoms with Crippen LogP contribution in [0.25, 0.3) is 0 Å². The van der Waals surface area contributed by atoms with E-state index in [0.29, 0.717) is 16.4 Å². The number of hydrogen-bond acceptors (Lipinski definition) is 3. The Morgan fingerprint density at radius 3 is 2.46 bits per heavy atom. The monoisotopic (exact) mass is 370 g/mol. The van der Waals surface area contributed by atoms with Crippen LogP contribution in [0.5, 0.6) is 5.75 Å². The molecule has 0 saturated carbocycles. The summed E-state index contributed by atoms with van der Waals surface area (Å²) in [7, 11) is 0. The predicted octanol–water partition coefficient (Wildman–Crippen LogP) is 4.62. The summed E-state index contributed by atoms with van der Waals surface area (Å²) in [5.41, 5.74) is 1.65. The van der Waals surface area contributed by atoms with Crippen LogP contribution in [-0.4, -0.2) is 17.1 Å². The van der Waals surface area contributed by atoms with Gasteiger partial charge < -0.3 is 10.1 Å². The van der Waals surface area contributed by atoms with Crippen molar-refractivity contribution >= 4 is 23.2 Å². The van der Waals surface area contributed by atoms with Crippen LogP contribution in [-0.2, 0) is 0 Å². The summed E-state index contributed by atoms with van der Waals surface area (Å²) in [6.07, 6.45) is 1.87. The SMILES string of the molecule is CCC(C)Oc1cccc(C(=O)NC(=S)NC(CC)c2ccccc2)c1. The summed E-state index contributed by atoms with van der Waals surface area (Å²) in [6, 6.07) is 17.2. The number of ether oxygens (including phenoxy) is 1. The molecular weight excluding hydrogens is 344 g/mol. The topological polar surface area (TPSA) is 50.4 Å². The molecule has 0 aliphatic heterocycles. The molecule has 0 aliphatic carbocycles. The van der Waals surface area contributed by atoms with Gasteiger partial charge in [0.05, 0.1) is 12.1 Å². The highest BCUT2D eigenvalue weighted by atomic mass is 32.1. The van der Waals surface area contributed by atoms with E-state index in [-0.39, 0.29) is 18.1 Å². The maximum Gasteiger partial charge on any atom is 0.257 e. The summed E-state index contributed by atoms with van der Waals surface area (Å²) >= 11 is 5.32. The molecule has 0 spiro atoms. The number of amides is 1. The van der Waals surface area contributed by atoms with Gasteiger partial charge in [-0.1, -0.05) is 50.2 Å². The number of hydrogen-bond donors (Lipinski definition) is 2. The maximum absolute atomic E-state index is 12.5. The lowest BCUT2D eigenvalue weighted by molar-refractivity contribution is 0.0975. The van der Waals surface area contributed by atoms with E-state index in [0.717, 1.165) is 18.4 Å². The second kappa shape index (κ2) is 9.92. The second-order valence-electron chi connectivity index (χ2n) is 6.16. The summed E-state index contributed by atoms with van der Waals surface area (Å²) < 4.78 is 5.77. The third kappa shape index (κ3) is 5.85. The molecule has 2 aromatic rings. The Morgan fingerprint density at radius 1 is 1.08 bits per heavy atom. The van der Waals surface area contributed by atoms with Crippen molar-refractivity contribution in [2.75, 3.05) is 0 Å². The van der Waals surface area contributed by atoms with E-state index < -0.39 is 0 Å². The number of carbonyl (C=O) groups is 1. The molecule has 1 amide bonds. The molecule has 0 radical (unpaired) electrons. The molecule has 2 N–H and O–H groups in total. The van der Waals surface area contributed by atoms with Crippen molar-refractivity contribution in [3.05, 3.63) is 65.7 Å². The molecule has 4 nitrogen and oxygen atoms in total. The van der Waals surface area contributed by atoms with Gasteiger partial charge in [-0.05, 0) is 55.7 Å². The standard InChI is InChI=1S/C21H26N2O2S/c1-4-15(3)25-18-13-9-12-17(14-18)20(24)23-21(26)22-19(5-2)16-10-7-6-8-11-16/h6-15,19H,4-5H2,1-3H3,(H2,22,23,24,26). The molecule has 26 heavy (non-hydrogen) atoms. The average molecular weight is 371 g/mol. The number of rotatable bonds is 7. The van der Waals surface area contributed by atoms with Crippen LogP contribution in [0, 0.1) is 0 Å². The van der Waals surface area contributed by atoms with Gasteiger partial charge in [0.1, 0.15) is 5.75 Å². The van der Waals surface area contributed by atoms with Crippen molar-refractivity contribution in [3.8, 4) is 5.75 Å². The zero-order valence-corrected chi connectivity index (χ0v) is 16.3. The van der Waals surface area contributed by atoms with E-state index in [1.54, 1.807) is 12.1 Å². The predicted molar refractivity (Wildman–Crippen MR) is 109 cm³/mol. The van der Waals surface area contributed by atoms with Crippen LogP contribution in [0.4, 0.5) is 0 Å². The van der Waals surface area contributed by atoms with E-state index >= 15 is 0 Å². The first-order valence-electron chi connectivity index (χ1n) is 8.97. The Hall–Kier alpha value is -2.40. The maximum atomic E-state index is 12.5. The quantitative estimate of drug-likeness (QED) is 0.698. The van der Waals surface area contributed by atoms with Gasteiger partial charge in [0.25, 0.3) is 5.91 Å². The van der Waals surface area contributed by atoms with Crippen LogP contribution in [0.15, 0.2) is 54.6 Å². The molecular formula is C21H26N2O2S. The fourth-order valence-corrected chi connectivity index (χ4v) is 2.74. The lowest BCUT2D eigenvalue weighted by Gasteiger charge is -2.19. The first-order valence-corrected chi connectivity index (χ1v) is 9.37. The Kier molecular flexibility index (Phi) is 7.60. The van der Waals surface area contributed by atoms with E-state index in [1.807, 2.05) is 49.4 Å². The van der Waals surface area contributed by atoms with Crippen molar-refractivity contribution in [1.29, 1.82) is 0 Å². The zero-order valence-electron chi connectivity index (χ0n) is 15.5. The first-order chi connectivity index (χ1) is 12.5. The molecule has 0 fully saturated rings. The van der Waals surface area contributed by atoms with Crippen LogP contribution >= 0.6 is 12.2 Å². The van der Waals surface area contributed by atoms with E-state index in [1.165, 1.54) is 0 Å². The molecule has 2 aromatic carbocycles. The third-order valence-corrected chi connectivity index (χ3v) is 4.37. The highest BCUT2D eigenvalue weighted by Crippen LogP contribution is 2.17. The lowest BCUT2D eigenvalue weighted by Crippen LogP contribution is -2.40. The Bertz CT molecular complexity index is 734. The largest absolute Gasteiger partial charge is 0.491 e. The summed E-state index contributed by atoms with van der Waals surface area (Å²) in [6.45, 7) is 6.13. The van der Waals surface area contributed by atoms with Crippen molar-refractivity contribution < 1.29 is 9.53 Å². The average Bonchev–Trinajstić information content (AvgIpc) is 2.66. The van der Waals surface area contributed by atoms with Gasteiger partial charge in [0.2, 0.25) is 0 Å². The van der Waals surface area contributed by atoms with Crippen molar-refractivity contribution in [1.82, 2.24) is 10.6 Å². The van der Waals surface area contributed by atoms with Crippen molar-refractivity contribution in [2.24, 2.45) is 0 Å². The molecule has 2 atom stereocenters. The van der Waals surface area contributed by atoms with Crippen LogP contribution in [0.1, 0.15) is 55.6 Å². The Morgan fingerprint density at radius 2 is 1.81 bits per heavy atom.